The molecule has 2 amide bonds. The molecule has 37 heavy (non-hydrogen) atoms. The summed E-state index contributed by atoms with van der Waals surface area (Å²) in [6.45, 7) is 9.17. The Morgan fingerprint density at radius 3 is 2.59 bits per heavy atom. The highest BCUT2D eigenvalue weighted by Gasteiger charge is 2.47. The molecule has 0 spiro atoms. The number of benzene rings is 1. The molecule has 1 aromatic carbocycles. The monoisotopic (exact) mass is 520 g/mol. The van der Waals surface area contributed by atoms with Crippen LogP contribution < -0.4 is 5.32 Å². The third kappa shape index (κ3) is 4.33. The second-order valence-electron chi connectivity index (χ2n) is 9.86. The lowest BCUT2D eigenvalue weighted by atomic mass is 9.91. The molecule has 192 valence electrons. The Bertz CT molecular complexity index is 1420. The first-order valence-electron chi connectivity index (χ1n) is 12.0. The Morgan fingerprint density at radius 2 is 2.00 bits per heavy atom. The normalized spacial score (nSPS) is 22.3. The molecule has 2 aromatic heterocycles. The quantitative estimate of drug-likeness (QED) is 0.502. The number of aromatic nitrogens is 3. The van der Waals surface area contributed by atoms with Crippen LogP contribution in [0, 0.1) is 19.8 Å². The largest absolute Gasteiger partial charge is 0.511 e. The summed E-state index contributed by atoms with van der Waals surface area (Å²) in [6, 6.07) is 7.03. The predicted molar refractivity (Wildman–Crippen MR) is 138 cm³/mol. The number of carbonyl (C=O) groups excluding carboxylic acids is 2. The lowest BCUT2D eigenvalue weighted by Crippen LogP contribution is -2.47. The van der Waals surface area contributed by atoms with Gasteiger partial charge in [-0.2, -0.15) is 4.98 Å². The van der Waals surface area contributed by atoms with Crippen molar-refractivity contribution >= 4 is 29.0 Å². The van der Waals surface area contributed by atoms with E-state index in [0.29, 0.717) is 11.7 Å². The maximum atomic E-state index is 13.7. The van der Waals surface area contributed by atoms with Crippen LogP contribution in [0.4, 0.5) is 0 Å². The van der Waals surface area contributed by atoms with Crippen molar-refractivity contribution in [2.75, 3.05) is 0 Å². The molecule has 11 heteroatoms. The number of aliphatic hydroxyl groups excluding tert-OH is 1. The highest BCUT2D eigenvalue weighted by molar-refractivity contribution is 7.13. The molecular weight excluding hydrogens is 492 g/mol. The summed E-state index contributed by atoms with van der Waals surface area (Å²) in [5.41, 5.74) is 3.33. The van der Waals surface area contributed by atoms with E-state index in [-0.39, 0.29) is 35.8 Å². The van der Waals surface area contributed by atoms with Gasteiger partial charge in [-0.15, -0.1) is 11.3 Å². The van der Waals surface area contributed by atoms with E-state index in [4.69, 9.17) is 9.52 Å². The van der Waals surface area contributed by atoms with Crippen LogP contribution in [0.1, 0.15) is 56.1 Å². The molecule has 3 aromatic rings. The van der Waals surface area contributed by atoms with Crippen LogP contribution in [-0.2, 0) is 15.1 Å². The standard InChI is InChI=1S/C26H28N6O4S/c1-13(2)20(23-28-15(4)31-36-23)24(34)32-11-18(33)10-19(32)22-29-25(35)26(5,30-22)17-8-6-16(7-9-17)21-14(3)27-12-37-21/h6-9,11-13,19-20,33H,10H2,1-5H3,(H,29,30,35)/t19-,20-,26+/m1/s1. The van der Waals surface area contributed by atoms with Gasteiger partial charge in [0.05, 0.1) is 16.1 Å². The number of hydrogen-bond donors (Lipinski definition) is 2. The van der Waals surface area contributed by atoms with Gasteiger partial charge in [0, 0.05) is 12.6 Å². The molecule has 0 aliphatic carbocycles. The number of thiazole rings is 1. The van der Waals surface area contributed by atoms with E-state index in [1.165, 1.54) is 11.1 Å². The Hall–Kier alpha value is -3.86. The third-order valence-electron chi connectivity index (χ3n) is 6.82. The van der Waals surface area contributed by atoms with Gasteiger partial charge < -0.3 is 19.8 Å². The number of aliphatic imine (C=N–C) groups is 1. The zero-order valence-electron chi connectivity index (χ0n) is 21.2. The van der Waals surface area contributed by atoms with E-state index >= 15 is 0 Å². The molecule has 2 aliphatic rings. The number of carbonyl (C=O) groups is 2. The Morgan fingerprint density at radius 1 is 1.27 bits per heavy atom. The van der Waals surface area contributed by atoms with Gasteiger partial charge in [-0.05, 0) is 37.8 Å². The van der Waals surface area contributed by atoms with Crippen molar-refractivity contribution in [3.63, 3.8) is 0 Å². The van der Waals surface area contributed by atoms with Crippen molar-refractivity contribution in [1.29, 1.82) is 0 Å². The van der Waals surface area contributed by atoms with Crippen molar-refractivity contribution in [2.45, 2.75) is 58.5 Å². The van der Waals surface area contributed by atoms with Crippen LogP contribution in [0.5, 0.6) is 0 Å². The molecule has 0 fully saturated rings. The fourth-order valence-corrected chi connectivity index (χ4v) is 5.57. The summed E-state index contributed by atoms with van der Waals surface area (Å²) in [6.07, 6.45) is 1.53. The lowest BCUT2D eigenvalue weighted by molar-refractivity contribution is -0.132. The van der Waals surface area contributed by atoms with Gasteiger partial charge in [-0.25, -0.2) is 9.98 Å². The maximum absolute atomic E-state index is 13.7. The van der Waals surface area contributed by atoms with Crippen LogP contribution in [0.3, 0.4) is 0 Å². The predicted octanol–water partition coefficient (Wildman–Crippen LogP) is 3.99. The molecule has 2 aliphatic heterocycles. The van der Waals surface area contributed by atoms with Gasteiger partial charge >= 0.3 is 0 Å². The minimum Gasteiger partial charge on any atom is -0.511 e. The smallest absolute Gasteiger partial charge is 0.257 e. The summed E-state index contributed by atoms with van der Waals surface area (Å²) < 4.78 is 5.31. The number of nitrogens with zero attached hydrogens (tertiary/aromatic N) is 5. The van der Waals surface area contributed by atoms with Crippen LogP contribution >= 0.6 is 11.3 Å². The van der Waals surface area contributed by atoms with Crippen molar-refractivity contribution in [3.05, 3.63) is 64.7 Å². The number of aryl methyl sites for hydroxylation is 2. The summed E-state index contributed by atoms with van der Waals surface area (Å²) in [4.78, 5) is 42.7. The lowest BCUT2D eigenvalue weighted by Gasteiger charge is -2.27. The number of aliphatic hydroxyl groups is 1. The summed E-state index contributed by atoms with van der Waals surface area (Å²) in [5.74, 6) is -0.462. The molecule has 10 nitrogen and oxygen atoms in total. The molecule has 0 bridgehead atoms. The van der Waals surface area contributed by atoms with Crippen molar-refractivity contribution < 1.29 is 19.2 Å². The van der Waals surface area contributed by atoms with E-state index in [9.17, 15) is 14.7 Å². The first-order chi connectivity index (χ1) is 17.6. The summed E-state index contributed by atoms with van der Waals surface area (Å²) >= 11 is 1.56. The molecule has 4 heterocycles. The maximum Gasteiger partial charge on any atom is 0.257 e. The van der Waals surface area contributed by atoms with E-state index in [1.54, 1.807) is 25.2 Å². The Kier molecular flexibility index (Phi) is 6.18. The molecule has 0 radical (unpaired) electrons. The number of amides is 2. The molecule has 0 saturated heterocycles. The molecule has 0 unspecified atom stereocenters. The fourth-order valence-electron chi connectivity index (χ4n) is 4.76. The number of nitrogens with one attached hydrogen (secondary N) is 1. The summed E-state index contributed by atoms with van der Waals surface area (Å²) in [5, 5.41) is 17.1. The van der Waals surface area contributed by atoms with Crippen LogP contribution in [0.25, 0.3) is 10.4 Å². The first kappa shape index (κ1) is 24.8. The average Bonchev–Trinajstić information content (AvgIpc) is 3.62. The Balaban J connectivity index is 1.44. The topological polar surface area (TPSA) is 134 Å². The van der Waals surface area contributed by atoms with Gasteiger partial charge in [-0.1, -0.05) is 43.3 Å². The number of hydrogen-bond acceptors (Lipinski definition) is 9. The van der Waals surface area contributed by atoms with Crippen molar-refractivity contribution in [1.82, 2.24) is 25.3 Å². The number of rotatable bonds is 6. The second-order valence-corrected chi connectivity index (χ2v) is 10.7. The van der Waals surface area contributed by atoms with Gasteiger partial charge in [0.1, 0.15) is 23.6 Å². The SMILES string of the molecule is Cc1noc([C@H](C(=O)N2C=C(O)C[C@@H]2C2=N[C@@](C)(c3ccc(-c4scnc4C)cc3)C(=O)N2)C(C)C)n1. The number of amidine groups is 1. The molecule has 2 N–H and O–H groups in total. The summed E-state index contributed by atoms with van der Waals surface area (Å²) in [7, 11) is 0. The van der Waals surface area contributed by atoms with E-state index in [1.807, 2.05) is 50.5 Å². The van der Waals surface area contributed by atoms with E-state index in [2.05, 4.69) is 20.4 Å². The minimum absolute atomic E-state index is 0.0254. The van der Waals surface area contributed by atoms with Crippen LogP contribution in [-0.4, -0.2) is 48.8 Å². The Labute approximate surface area is 218 Å². The molecular formula is C26H28N6O4S. The van der Waals surface area contributed by atoms with Crippen molar-refractivity contribution in [2.24, 2.45) is 10.9 Å². The highest BCUT2D eigenvalue weighted by atomic mass is 32.1. The molecule has 5 rings (SSSR count). The van der Waals surface area contributed by atoms with E-state index in [0.717, 1.165) is 21.7 Å². The van der Waals surface area contributed by atoms with Gasteiger partial charge in [-0.3, -0.25) is 9.59 Å². The highest BCUT2D eigenvalue weighted by Crippen LogP contribution is 2.36. The van der Waals surface area contributed by atoms with E-state index < -0.39 is 17.5 Å². The van der Waals surface area contributed by atoms with Crippen LogP contribution in [0.2, 0.25) is 0 Å². The minimum atomic E-state index is -1.18. The third-order valence-corrected chi connectivity index (χ3v) is 7.80. The van der Waals surface area contributed by atoms with Gasteiger partial charge in [0.25, 0.3) is 5.91 Å². The molecule has 0 saturated carbocycles. The second kappa shape index (κ2) is 9.22. The van der Waals surface area contributed by atoms with Gasteiger partial charge in [0.15, 0.2) is 11.4 Å². The van der Waals surface area contributed by atoms with Gasteiger partial charge in [0.2, 0.25) is 11.8 Å². The fraction of sp³-hybridized carbons (Fsp3) is 0.385. The van der Waals surface area contributed by atoms with Crippen molar-refractivity contribution in [3.8, 4) is 10.4 Å². The zero-order valence-corrected chi connectivity index (χ0v) is 22.0. The average molecular weight is 521 g/mol. The zero-order chi connectivity index (χ0) is 26.5. The molecule has 3 atom stereocenters. The first-order valence-corrected chi connectivity index (χ1v) is 12.9. The van der Waals surface area contributed by atoms with Crippen LogP contribution in [0.15, 0.2) is 51.3 Å².